The molecule has 2 heterocycles. The van der Waals surface area contributed by atoms with Crippen molar-refractivity contribution in [1.82, 2.24) is 14.9 Å². The van der Waals surface area contributed by atoms with Crippen LogP contribution in [-0.2, 0) is 17.9 Å². The van der Waals surface area contributed by atoms with Crippen LogP contribution in [0.1, 0.15) is 11.3 Å². The first kappa shape index (κ1) is 13.7. The highest BCUT2D eigenvalue weighted by Gasteiger charge is 2.25. The Morgan fingerprint density at radius 1 is 1.38 bits per heavy atom. The van der Waals surface area contributed by atoms with Crippen molar-refractivity contribution in [3.63, 3.8) is 0 Å². The van der Waals surface area contributed by atoms with Crippen molar-refractivity contribution < 1.29 is 9.90 Å². The Balaban J connectivity index is 2.21. The molecular weight excluding hydrogens is 290 g/mol. The van der Waals surface area contributed by atoms with Crippen LogP contribution in [0.3, 0.4) is 0 Å². The van der Waals surface area contributed by atoms with E-state index in [9.17, 15) is 9.90 Å². The average molecular weight is 303 g/mol. The molecule has 1 amide bonds. The van der Waals surface area contributed by atoms with Gasteiger partial charge in [0.25, 0.3) is 0 Å². The number of hydrogen-bond donors (Lipinski definition) is 2. The van der Waals surface area contributed by atoms with Gasteiger partial charge in [0.1, 0.15) is 13.6 Å². The molecule has 21 heavy (non-hydrogen) atoms. The quantitative estimate of drug-likeness (QED) is 0.593. The first-order valence-electron chi connectivity index (χ1n) is 6.33. The number of rotatable bonds is 2. The van der Waals surface area contributed by atoms with Gasteiger partial charge in [-0.2, -0.15) is 0 Å². The van der Waals surface area contributed by atoms with Gasteiger partial charge in [-0.25, -0.2) is 9.97 Å². The summed E-state index contributed by atoms with van der Waals surface area (Å²) in [7, 11) is 1.76. The van der Waals surface area contributed by atoms with Crippen molar-refractivity contribution in [2.45, 2.75) is 13.1 Å². The second-order valence-electron chi connectivity index (χ2n) is 4.98. The zero-order chi connectivity index (χ0) is 15.1. The Morgan fingerprint density at radius 3 is 2.86 bits per heavy atom. The molecule has 0 radical (unpaired) electrons. The lowest BCUT2D eigenvalue weighted by Gasteiger charge is -2.11. The topological polar surface area (TPSA) is 92.3 Å². The highest BCUT2D eigenvalue weighted by atomic mass is 35.5. The number of anilines is 1. The number of nitrogens with two attached hydrogens (primary N) is 1. The maximum Gasteiger partial charge on any atom is 0.220 e. The number of halogens is 1. The summed E-state index contributed by atoms with van der Waals surface area (Å²) in [5.74, 6) is 0.248. The van der Waals surface area contributed by atoms with Gasteiger partial charge < -0.3 is 15.7 Å². The van der Waals surface area contributed by atoms with Crippen LogP contribution in [0.15, 0.2) is 12.1 Å². The minimum absolute atomic E-state index is 0.118. The number of amides is 1. The fourth-order valence-electron chi connectivity index (χ4n) is 2.44. The van der Waals surface area contributed by atoms with E-state index in [1.807, 2.05) is 0 Å². The van der Waals surface area contributed by atoms with Crippen LogP contribution in [0.25, 0.3) is 11.3 Å². The summed E-state index contributed by atoms with van der Waals surface area (Å²) < 4.78 is 0. The monoisotopic (exact) mass is 302 g/mol. The van der Waals surface area contributed by atoms with Gasteiger partial charge in [-0.05, 0) is 17.6 Å². The van der Waals surface area contributed by atoms with Gasteiger partial charge in [0.15, 0.2) is 0 Å². The molecule has 1 aromatic carbocycles. The van der Waals surface area contributed by atoms with E-state index in [4.69, 9.17) is 17.3 Å². The first-order valence-corrected chi connectivity index (χ1v) is 6.71. The molecule has 0 fully saturated rings. The Morgan fingerprint density at radius 2 is 2.14 bits per heavy atom. The maximum atomic E-state index is 11.0. The predicted octanol–water partition coefficient (Wildman–Crippen LogP) is -0.185. The van der Waals surface area contributed by atoms with E-state index >= 15 is 0 Å². The van der Waals surface area contributed by atoms with Gasteiger partial charge in [-0.15, -0.1) is 0 Å². The third-order valence-corrected chi connectivity index (χ3v) is 3.83. The van der Waals surface area contributed by atoms with Crippen LogP contribution >= 0.6 is 11.6 Å². The standard InChI is InChI=1S/C13H12BClN4O2/c14-8-2-9(15)6(1-11(8)21)12-7-3-19(5-20)4-10(7)17-13(16)18-12/h1-2,5,21H,3-4,14H2,(H2,16,17,18). The summed E-state index contributed by atoms with van der Waals surface area (Å²) in [6.45, 7) is 0.799. The molecule has 106 valence electrons. The van der Waals surface area contributed by atoms with Crippen LogP contribution in [0.4, 0.5) is 5.95 Å². The molecule has 1 aliphatic rings. The number of phenols is 1. The van der Waals surface area contributed by atoms with Crippen LogP contribution in [0.2, 0.25) is 5.02 Å². The summed E-state index contributed by atoms with van der Waals surface area (Å²) in [5, 5.41) is 10.4. The lowest BCUT2D eigenvalue weighted by molar-refractivity contribution is -0.118. The normalized spacial score (nSPS) is 13.3. The van der Waals surface area contributed by atoms with E-state index in [1.165, 1.54) is 0 Å². The highest BCUT2D eigenvalue weighted by Crippen LogP contribution is 2.35. The molecule has 0 atom stereocenters. The van der Waals surface area contributed by atoms with Gasteiger partial charge in [-0.1, -0.05) is 11.6 Å². The summed E-state index contributed by atoms with van der Waals surface area (Å²) in [6.07, 6.45) is 0.760. The molecule has 3 N–H and O–H groups in total. The molecule has 0 aliphatic carbocycles. The summed E-state index contributed by atoms with van der Waals surface area (Å²) in [5.41, 5.74) is 9.07. The second-order valence-corrected chi connectivity index (χ2v) is 5.39. The van der Waals surface area contributed by atoms with E-state index in [0.717, 1.165) is 12.0 Å². The number of carbonyl (C=O) groups excluding carboxylic acids is 1. The predicted molar refractivity (Wildman–Crippen MR) is 82.0 cm³/mol. The van der Waals surface area contributed by atoms with Crippen LogP contribution in [0.5, 0.6) is 5.75 Å². The Kier molecular flexibility index (Phi) is 3.21. The third kappa shape index (κ3) is 2.29. The Labute approximate surface area is 127 Å². The molecule has 0 saturated heterocycles. The van der Waals surface area contributed by atoms with Gasteiger partial charge >= 0.3 is 0 Å². The number of benzene rings is 1. The van der Waals surface area contributed by atoms with Gasteiger partial charge in [-0.3, -0.25) is 4.79 Å². The number of carbonyl (C=O) groups is 1. The van der Waals surface area contributed by atoms with Gasteiger partial charge in [0.05, 0.1) is 17.9 Å². The molecular formula is C13H12BClN4O2. The van der Waals surface area contributed by atoms with E-state index in [-0.39, 0.29) is 11.7 Å². The van der Waals surface area contributed by atoms with Crippen molar-refractivity contribution in [1.29, 1.82) is 0 Å². The smallest absolute Gasteiger partial charge is 0.220 e. The second kappa shape index (κ2) is 4.93. The molecule has 1 aromatic heterocycles. The lowest BCUT2D eigenvalue weighted by atomic mass is 9.92. The van der Waals surface area contributed by atoms with Gasteiger partial charge in [0, 0.05) is 22.7 Å². The minimum Gasteiger partial charge on any atom is -0.509 e. The van der Waals surface area contributed by atoms with E-state index in [0.29, 0.717) is 40.5 Å². The van der Waals surface area contributed by atoms with Crippen LogP contribution < -0.4 is 11.2 Å². The summed E-state index contributed by atoms with van der Waals surface area (Å²) in [6, 6.07) is 3.23. The number of phenolic OH excluding ortho intramolecular Hbond substituents is 1. The lowest BCUT2D eigenvalue weighted by Crippen LogP contribution is -2.13. The highest BCUT2D eigenvalue weighted by molar-refractivity contribution is 6.39. The van der Waals surface area contributed by atoms with E-state index in [2.05, 4.69) is 9.97 Å². The fourth-order valence-corrected chi connectivity index (χ4v) is 2.75. The van der Waals surface area contributed by atoms with Crippen molar-refractivity contribution in [2.75, 3.05) is 5.73 Å². The van der Waals surface area contributed by atoms with Gasteiger partial charge in [0.2, 0.25) is 12.4 Å². The average Bonchev–Trinajstić information content (AvgIpc) is 2.85. The molecule has 3 rings (SSSR count). The Bertz CT molecular complexity index is 753. The largest absolute Gasteiger partial charge is 0.509 e. The molecule has 8 heteroatoms. The van der Waals surface area contributed by atoms with Crippen LogP contribution in [-0.4, -0.2) is 34.2 Å². The fraction of sp³-hybridized carbons (Fsp3) is 0.154. The van der Waals surface area contributed by atoms with Crippen molar-refractivity contribution in [3.05, 3.63) is 28.4 Å². The zero-order valence-electron chi connectivity index (χ0n) is 11.3. The third-order valence-electron chi connectivity index (χ3n) is 3.51. The number of nitrogens with zero attached hydrogens (tertiary/aromatic N) is 3. The molecule has 0 bridgehead atoms. The molecule has 6 nitrogen and oxygen atoms in total. The summed E-state index contributed by atoms with van der Waals surface area (Å²) in [4.78, 5) is 20.9. The molecule has 2 aromatic rings. The first-order chi connectivity index (χ1) is 9.99. The number of aromatic hydroxyl groups is 1. The summed E-state index contributed by atoms with van der Waals surface area (Å²) >= 11 is 6.26. The SMILES string of the molecule is Bc1cc(Cl)c(-c2nc(N)nc3c2CN(C=O)C3)cc1O. The number of aromatic nitrogens is 2. The van der Waals surface area contributed by atoms with Crippen molar-refractivity contribution in [3.8, 4) is 17.0 Å². The van der Waals surface area contributed by atoms with Crippen molar-refractivity contribution >= 4 is 37.3 Å². The number of nitrogen functional groups attached to an aromatic ring is 1. The molecule has 1 aliphatic heterocycles. The molecule has 0 saturated carbocycles. The number of hydrogen-bond acceptors (Lipinski definition) is 5. The molecule has 0 unspecified atom stereocenters. The molecule has 0 spiro atoms. The van der Waals surface area contributed by atoms with E-state index in [1.54, 1.807) is 24.9 Å². The van der Waals surface area contributed by atoms with Crippen molar-refractivity contribution in [2.24, 2.45) is 0 Å². The number of fused-ring (bicyclic) bond motifs is 1. The zero-order valence-corrected chi connectivity index (χ0v) is 12.1. The minimum atomic E-state index is 0.118. The maximum absolute atomic E-state index is 11.0. The van der Waals surface area contributed by atoms with E-state index < -0.39 is 0 Å². The Hall–Kier alpha value is -2.28. The van der Waals surface area contributed by atoms with Crippen LogP contribution in [0, 0.1) is 0 Å².